The monoisotopic (exact) mass is 299 g/mol. The number of hydrogen-bond acceptors (Lipinski definition) is 5. The summed E-state index contributed by atoms with van der Waals surface area (Å²) in [5.41, 5.74) is 7.55. The third-order valence-electron chi connectivity index (χ3n) is 2.86. The topological polar surface area (TPSA) is 85.8 Å². The predicted octanol–water partition coefficient (Wildman–Crippen LogP) is 1.84. The number of hydrogen-bond donors (Lipinski definition) is 2. The second-order valence-corrected chi connectivity index (χ2v) is 5.32. The summed E-state index contributed by atoms with van der Waals surface area (Å²) in [7, 11) is 0. The molecule has 6 nitrogen and oxygen atoms in total. The van der Waals surface area contributed by atoms with E-state index in [4.69, 9.17) is 5.73 Å². The molecule has 0 atom stereocenters. The molecule has 0 spiro atoms. The highest BCUT2D eigenvalue weighted by Crippen LogP contribution is 2.11. The molecule has 3 aromatic rings. The molecular weight excluding hydrogens is 286 g/mol. The average molecular weight is 299 g/mol. The van der Waals surface area contributed by atoms with Crippen molar-refractivity contribution in [3.63, 3.8) is 0 Å². The molecular formula is C14H13N5OS. The van der Waals surface area contributed by atoms with Crippen molar-refractivity contribution in [2.24, 2.45) is 0 Å². The number of nitrogens with two attached hydrogens (primary N) is 1. The van der Waals surface area contributed by atoms with E-state index in [0.717, 1.165) is 10.7 Å². The van der Waals surface area contributed by atoms with E-state index in [-0.39, 0.29) is 5.91 Å². The summed E-state index contributed by atoms with van der Waals surface area (Å²) in [5.74, 6) is -0.223. The molecule has 0 aliphatic rings. The molecule has 0 unspecified atom stereocenters. The zero-order chi connectivity index (χ0) is 14.7. The van der Waals surface area contributed by atoms with Gasteiger partial charge in [0.25, 0.3) is 5.91 Å². The van der Waals surface area contributed by atoms with E-state index in [0.29, 0.717) is 17.9 Å². The quantitative estimate of drug-likeness (QED) is 0.720. The fourth-order valence-electron chi connectivity index (χ4n) is 1.80. The smallest absolute Gasteiger partial charge is 0.272 e. The fourth-order valence-corrected chi connectivity index (χ4v) is 2.36. The molecule has 3 rings (SSSR count). The Morgan fingerprint density at radius 2 is 2.10 bits per heavy atom. The highest BCUT2D eigenvalue weighted by molar-refractivity contribution is 7.09. The van der Waals surface area contributed by atoms with E-state index in [2.05, 4.69) is 15.4 Å². The van der Waals surface area contributed by atoms with E-state index >= 15 is 0 Å². The van der Waals surface area contributed by atoms with Crippen LogP contribution in [0.2, 0.25) is 0 Å². The molecule has 0 saturated carbocycles. The molecule has 2 aromatic heterocycles. The summed E-state index contributed by atoms with van der Waals surface area (Å²) in [5, 5.41) is 9.78. The van der Waals surface area contributed by atoms with Gasteiger partial charge in [-0.05, 0) is 30.3 Å². The van der Waals surface area contributed by atoms with Crippen LogP contribution in [0.4, 0.5) is 5.69 Å². The van der Waals surface area contributed by atoms with Crippen molar-refractivity contribution in [3.8, 4) is 5.69 Å². The lowest BCUT2D eigenvalue weighted by molar-refractivity contribution is 0.0945. The molecule has 106 valence electrons. The molecule has 0 saturated heterocycles. The van der Waals surface area contributed by atoms with Gasteiger partial charge in [0, 0.05) is 23.5 Å². The number of anilines is 1. The van der Waals surface area contributed by atoms with Gasteiger partial charge in [-0.2, -0.15) is 5.10 Å². The Labute approximate surface area is 125 Å². The van der Waals surface area contributed by atoms with Crippen LogP contribution >= 0.6 is 11.3 Å². The zero-order valence-corrected chi connectivity index (χ0v) is 11.9. The Balaban J connectivity index is 1.69. The third-order valence-corrected chi connectivity index (χ3v) is 3.64. The van der Waals surface area contributed by atoms with Crippen LogP contribution in [0.25, 0.3) is 5.69 Å². The van der Waals surface area contributed by atoms with Crippen LogP contribution in [0, 0.1) is 0 Å². The van der Waals surface area contributed by atoms with Gasteiger partial charge in [0.15, 0.2) is 5.69 Å². The van der Waals surface area contributed by atoms with Gasteiger partial charge in [-0.1, -0.05) is 0 Å². The third kappa shape index (κ3) is 3.09. The average Bonchev–Trinajstić information content (AvgIpc) is 3.17. The standard InChI is InChI=1S/C14H13N5OS/c15-10-1-3-11(4-2-10)19-7-5-12(18-19)14(20)17-9-13-16-6-8-21-13/h1-8H,9,15H2,(H,17,20). The largest absolute Gasteiger partial charge is 0.399 e. The van der Waals surface area contributed by atoms with Crippen molar-refractivity contribution in [1.29, 1.82) is 0 Å². The van der Waals surface area contributed by atoms with Crippen LogP contribution in [-0.2, 0) is 6.54 Å². The predicted molar refractivity (Wildman–Crippen MR) is 81.3 cm³/mol. The van der Waals surface area contributed by atoms with Gasteiger partial charge in [-0.15, -0.1) is 11.3 Å². The summed E-state index contributed by atoms with van der Waals surface area (Å²) in [6, 6.07) is 8.95. The van der Waals surface area contributed by atoms with Crippen LogP contribution in [-0.4, -0.2) is 20.7 Å². The van der Waals surface area contributed by atoms with Gasteiger partial charge in [0.05, 0.1) is 12.2 Å². The van der Waals surface area contributed by atoms with E-state index in [1.807, 2.05) is 17.5 Å². The van der Waals surface area contributed by atoms with Crippen molar-refractivity contribution < 1.29 is 4.79 Å². The number of carbonyl (C=O) groups is 1. The molecule has 0 bridgehead atoms. The second kappa shape index (κ2) is 5.76. The molecule has 0 aliphatic heterocycles. The summed E-state index contributed by atoms with van der Waals surface area (Å²) in [4.78, 5) is 16.1. The van der Waals surface area contributed by atoms with E-state index in [1.54, 1.807) is 35.3 Å². The van der Waals surface area contributed by atoms with Gasteiger partial charge in [-0.25, -0.2) is 9.67 Å². The number of nitrogens with one attached hydrogen (secondary N) is 1. The number of thiazole rings is 1. The Kier molecular flexibility index (Phi) is 3.65. The van der Waals surface area contributed by atoms with Gasteiger partial charge in [0.2, 0.25) is 0 Å². The number of nitrogens with zero attached hydrogens (tertiary/aromatic N) is 3. The number of aromatic nitrogens is 3. The Morgan fingerprint density at radius 1 is 1.29 bits per heavy atom. The van der Waals surface area contributed by atoms with E-state index in [9.17, 15) is 4.79 Å². The minimum absolute atomic E-state index is 0.223. The molecule has 7 heteroatoms. The Morgan fingerprint density at radius 3 is 2.81 bits per heavy atom. The number of benzene rings is 1. The number of nitrogen functional groups attached to an aromatic ring is 1. The van der Waals surface area contributed by atoms with Crippen molar-refractivity contribution in [2.75, 3.05) is 5.73 Å². The maximum Gasteiger partial charge on any atom is 0.272 e. The van der Waals surface area contributed by atoms with Crippen LogP contribution < -0.4 is 11.1 Å². The SMILES string of the molecule is Nc1ccc(-n2ccc(C(=O)NCc3nccs3)n2)cc1. The molecule has 0 fully saturated rings. The fraction of sp³-hybridized carbons (Fsp3) is 0.0714. The van der Waals surface area contributed by atoms with Gasteiger partial charge in [-0.3, -0.25) is 4.79 Å². The van der Waals surface area contributed by atoms with Crippen LogP contribution in [0.15, 0.2) is 48.1 Å². The van der Waals surface area contributed by atoms with Crippen molar-refractivity contribution in [3.05, 3.63) is 58.8 Å². The van der Waals surface area contributed by atoms with Crippen molar-refractivity contribution in [2.45, 2.75) is 6.54 Å². The first-order valence-electron chi connectivity index (χ1n) is 6.30. The zero-order valence-electron chi connectivity index (χ0n) is 11.1. The lowest BCUT2D eigenvalue weighted by Crippen LogP contribution is -2.23. The molecule has 1 amide bonds. The van der Waals surface area contributed by atoms with Gasteiger partial charge >= 0.3 is 0 Å². The second-order valence-electron chi connectivity index (χ2n) is 4.35. The normalized spacial score (nSPS) is 10.5. The Bertz CT molecular complexity index is 733. The van der Waals surface area contributed by atoms with Gasteiger partial charge in [0.1, 0.15) is 5.01 Å². The lowest BCUT2D eigenvalue weighted by atomic mass is 10.3. The highest BCUT2D eigenvalue weighted by atomic mass is 32.1. The van der Waals surface area contributed by atoms with E-state index < -0.39 is 0 Å². The summed E-state index contributed by atoms with van der Waals surface area (Å²) < 4.78 is 1.64. The van der Waals surface area contributed by atoms with Gasteiger partial charge < -0.3 is 11.1 Å². The number of rotatable bonds is 4. The Hall–Kier alpha value is -2.67. The molecule has 1 aromatic carbocycles. The van der Waals surface area contributed by atoms with Crippen LogP contribution in [0.1, 0.15) is 15.5 Å². The van der Waals surface area contributed by atoms with Crippen molar-refractivity contribution in [1.82, 2.24) is 20.1 Å². The highest BCUT2D eigenvalue weighted by Gasteiger charge is 2.10. The van der Waals surface area contributed by atoms with Crippen LogP contribution in [0.5, 0.6) is 0 Å². The maximum atomic E-state index is 12.0. The molecule has 0 radical (unpaired) electrons. The van der Waals surface area contributed by atoms with Crippen LogP contribution in [0.3, 0.4) is 0 Å². The maximum absolute atomic E-state index is 12.0. The first-order valence-corrected chi connectivity index (χ1v) is 7.18. The summed E-state index contributed by atoms with van der Waals surface area (Å²) in [6.45, 7) is 0.408. The lowest BCUT2D eigenvalue weighted by Gasteiger charge is -2.02. The van der Waals surface area contributed by atoms with E-state index in [1.165, 1.54) is 11.3 Å². The molecule has 3 N–H and O–H groups in total. The minimum Gasteiger partial charge on any atom is -0.399 e. The molecule has 0 aliphatic carbocycles. The first-order chi connectivity index (χ1) is 10.2. The molecule has 21 heavy (non-hydrogen) atoms. The van der Waals surface area contributed by atoms with Crippen molar-refractivity contribution >= 4 is 22.9 Å². The summed E-state index contributed by atoms with van der Waals surface area (Å²) in [6.07, 6.45) is 3.45. The number of amides is 1. The summed E-state index contributed by atoms with van der Waals surface area (Å²) >= 11 is 1.50. The molecule has 2 heterocycles. The number of carbonyl (C=O) groups excluding carboxylic acids is 1. The minimum atomic E-state index is -0.223. The first kappa shape index (κ1) is 13.3.